The van der Waals surface area contributed by atoms with Gasteiger partial charge in [0.1, 0.15) is 40.4 Å². The van der Waals surface area contributed by atoms with E-state index in [2.05, 4.69) is 13.8 Å². The topological polar surface area (TPSA) is 102 Å². The van der Waals surface area contributed by atoms with E-state index in [1.807, 2.05) is 6.07 Å². The Morgan fingerprint density at radius 2 is 1.71 bits per heavy atom. The molecule has 0 aromatic heterocycles. The molecule has 0 saturated carbocycles. The molecule has 2 aromatic carbocycles. The van der Waals surface area contributed by atoms with Crippen LogP contribution in [0.4, 0.5) is 0 Å². The molecule has 0 radical (unpaired) electrons. The van der Waals surface area contributed by atoms with E-state index >= 15 is 0 Å². The highest BCUT2D eigenvalue weighted by Crippen LogP contribution is 2.27. The summed E-state index contributed by atoms with van der Waals surface area (Å²) in [5.74, 6) is 0.629. The Bertz CT molecular complexity index is 905. The predicted octanol–water partition coefficient (Wildman–Crippen LogP) is 3.35. The largest absolute Gasteiger partial charge is 0.744 e. The quantitative estimate of drug-likeness (QED) is 0.357. The molecule has 1 atom stereocenters. The maximum Gasteiger partial charge on any atom is 0.341 e. The summed E-state index contributed by atoms with van der Waals surface area (Å²) in [6, 6.07) is 10.6. The summed E-state index contributed by atoms with van der Waals surface area (Å²) in [6.07, 6.45) is 0.946. The van der Waals surface area contributed by atoms with Crippen molar-refractivity contribution >= 4 is 16.1 Å². The van der Waals surface area contributed by atoms with Crippen molar-refractivity contribution in [3.8, 4) is 11.5 Å². The second-order valence-corrected chi connectivity index (χ2v) is 7.56. The zero-order chi connectivity index (χ0) is 20.7. The van der Waals surface area contributed by atoms with Crippen LogP contribution in [-0.2, 0) is 14.9 Å². The first kappa shape index (κ1) is 21.7. The summed E-state index contributed by atoms with van der Waals surface area (Å²) >= 11 is 0. The van der Waals surface area contributed by atoms with Crippen LogP contribution in [0.3, 0.4) is 0 Å². The van der Waals surface area contributed by atoms with Crippen LogP contribution in [0.1, 0.15) is 42.1 Å². The lowest BCUT2D eigenvalue weighted by atomic mass is 9.96. The first-order valence-corrected chi connectivity index (χ1v) is 10.2. The van der Waals surface area contributed by atoms with Crippen LogP contribution in [0, 0.1) is 0 Å². The molecule has 0 amide bonds. The standard InChI is InChI=1S/C20H24O7S/c1-4-14(2)15-5-10-19(18(13-15)20(21)25-3)27-12-11-26-16-6-8-17(9-7-16)28(22,23)24/h5-10,13-14H,4,11-12H2,1-3H3,(H,22,23,24)/p-1. The van der Waals surface area contributed by atoms with Gasteiger partial charge in [-0.05, 0) is 54.3 Å². The molecule has 1 unspecified atom stereocenters. The van der Waals surface area contributed by atoms with Gasteiger partial charge >= 0.3 is 5.97 Å². The number of hydrogen-bond donors (Lipinski definition) is 0. The van der Waals surface area contributed by atoms with Crippen LogP contribution in [0.25, 0.3) is 0 Å². The molecule has 0 heterocycles. The third kappa shape index (κ3) is 5.71. The molecule has 2 aromatic rings. The minimum Gasteiger partial charge on any atom is -0.744 e. The normalized spacial score (nSPS) is 12.3. The Morgan fingerprint density at radius 1 is 1.07 bits per heavy atom. The smallest absolute Gasteiger partial charge is 0.341 e. The number of carbonyl (C=O) groups excluding carboxylic acids is 1. The van der Waals surface area contributed by atoms with Crippen LogP contribution in [0.5, 0.6) is 11.5 Å². The van der Waals surface area contributed by atoms with Gasteiger partial charge in [-0.15, -0.1) is 0 Å². The predicted molar refractivity (Wildman–Crippen MR) is 102 cm³/mol. The molecule has 0 N–H and O–H groups in total. The molecular formula is C20H23O7S-. The molecule has 8 heteroatoms. The first-order valence-electron chi connectivity index (χ1n) is 8.80. The fourth-order valence-electron chi connectivity index (χ4n) is 2.50. The van der Waals surface area contributed by atoms with E-state index in [1.54, 1.807) is 12.1 Å². The number of methoxy groups -OCH3 is 1. The lowest BCUT2D eigenvalue weighted by molar-refractivity contribution is 0.0595. The van der Waals surface area contributed by atoms with E-state index in [1.165, 1.54) is 31.4 Å². The average Bonchev–Trinajstić information content (AvgIpc) is 2.69. The number of benzene rings is 2. The maximum atomic E-state index is 12.1. The Balaban J connectivity index is 1.99. The van der Waals surface area contributed by atoms with Crippen molar-refractivity contribution in [2.45, 2.75) is 31.1 Å². The van der Waals surface area contributed by atoms with Crippen molar-refractivity contribution in [1.29, 1.82) is 0 Å². The van der Waals surface area contributed by atoms with Crippen LogP contribution in [0.2, 0.25) is 0 Å². The fourth-order valence-corrected chi connectivity index (χ4v) is 2.97. The summed E-state index contributed by atoms with van der Waals surface area (Å²) in [7, 11) is -3.17. The molecule has 0 aliphatic rings. The summed E-state index contributed by atoms with van der Waals surface area (Å²) < 4.78 is 48.7. The summed E-state index contributed by atoms with van der Waals surface area (Å²) in [6.45, 7) is 4.48. The fraction of sp³-hybridized carbons (Fsp3) is 0.350. The van der Waals surface area contributed by atoms with Gasteiger partial charge in [-0.1, -0.05) is 19.9 Å². The van der Waals surface area contributed by atoms with Crippen molar-refractivity contribution < 1.29 is 32.0 Å². The van der Waals surface area contributed by atoms with E-state index in [-0.39, 0.29) is 18.1 Å². The lowest BCUT2D eigenvalue weighted by Crippen LogP contribution is -2.12. The minimum absolute atomic E-state index is 0.161. The van der Waals surface area contributed by atoms with Gasteiger partial charge in [0.05, 0.1) is 12.0 Å². The number of hydrogen-bond acceptors (Lipinski definition) is 7. The van der Waals surface area contributed by atoms with Crippen LogP contribution in [-0.4, -0.2) is 39.3 Å². The molecule has 0 aliphatic heterocycles. The third-order valence-corrected chi connectivity index (χ3v) is 5.16. The molecule has 2 rings (SSSR count). The van der Waals surface area contributed by atoms with Crippen molar-refractivity contribution in [3.05, 3.63) is 53.6 Å². The third-order valence-electron chi connectivity index (χ3n) is 4.31. The Labute approximate surface area is 165 Å². The molecule has 0 saturated heterocycles. The maximum absolute atomic E-state index is 12.1. The lowest BCUT2D eigenvalue weighted by Gasteiger charge is -2.15. The number of ether oxygens (including phenoxy) is 3. The van der Waals surface area contributed by atoms with Gasteiger partial charge < -0.3 is 18.8 Å². The van der Waals surface area contributed by atoms with Crippen molar-refractivity contribution in [3.63, 3.8) is 0 Å². The Kier molecular flexibility index (Phi) is 7.42. The highest BCUT2D eigenvalue weighted by Gasteiger charge is 2.16. The van der Waals surface area contributed by atoms with E-state index in [4.69, 9.17) is 14.2 Å². The summed E-state index contributed by atoms with van der Waals surface area (Å²) in [5, 5.41) is 0. The average molecular weight is 407 g/mol. The van der Waals surface area contributed by atoms with Gasteiger partial charge in [-0.25, -0.2) is 13.2 Å². The molecule has 0 fully saturated rings. The van der Waals surface area contributed by atoms with Crippen LogP contribution >= 0.6 is 0 Å². The number of rotatable bonds is 9. The van der Waals surface area contributed by atoms with Gasteiger partial charge in [0.25, 0.3) is 0 Å². The van der Waals surface area contributed by atoms with Gasteiger partial charge in [0.15, 0.2) is 0 Å². The Morgan fingerprint density at radius 3 is 2.29 bits per heavy atom. The molecule has 0 bridgehead atoms. The van der Waals surface area contributed by atoms with E-state index in [9.17, 15) is 17.8 Å². The molecular weight excluding hydrogens is 384 g/mol. The van der Waals surface area contributed by atoms with Gasteiger partial charge in [-0.2, -0.15) is 0 Å². The van der Waals surface area contributed by atoms with Gasteiger partial charge in [0, 0.05) is 0 Å². The van der Waals surface area contributed by atoms with Crippen LogP contribution in [0.15, 0.2) is 47.4 Å². The summed E-state index contributed by atoms with van der Waals surface area (Å²) in [4.78, 5) is 11.7. The van der Waals surface area contributed by atoms with E-state index in [0.29, 0.717) is 23.0 Å². The first-order chi connectivity index (χ1) is 13.3. The molecule has 0 aliphatic carbocycles. The molecule has 7 nitrogen and oxygen atoms in total. The summed E-state index contributed by atoms with van der Waals surface area (Å²) in [5.41, 5.74) is 1.38. The van der Waals surface area contributed by atoms with Crippen molar-refractivity contribution in [2.75, 3.05) is 20.3 Å². The number of esters is 1. The number of carbonyl (C=O) groups is 1. The Hall–Kier alpha value is -2.58. The highest BCUT2D eigenvalue weighted by atomic mass is 32.2. The van der Waals surface area contributed by atoms with Gasteiger partial charge in [-0.3, -0.25) is 0 Å². The van der Waals surface area contributed by atoms with Crippen LogP contribution < -0.4 is 9.47 Å². The van der Waals surface area contributed by atoms with E-state index in [0.717, 1.165) is 12.0 Å². The molecule has 0 spiro atoms. The monoisotopic (exact) mass is 407 g/mol. The minimum atomic E-state index is -4.48. The van der Waals surface area contributed by atoms with Crippen molar-refractivity contribution in [1.82, 2.24) is 0 Å². The molecule has 28 heavy (non-hydrogen) atoms. The van der Waals surface area contributed by atoms with E-state index < -0.39 is 16.1 Å². The zero-order valence-electron chi connectivity index (χ0n) is 16.0. The zero-order valence-corrected chi connectivity index (χ0v) is 16.8. The molecule has 152 valence electrons. The highest BCUT2D eigenvalue weighted by molar-refractivity contribution is 7.85. The second-order valence-electron chi connectivity index (χ2n) is 6.18. The van der Waals surface area contributed by atoms with Crippen molar-refractivity contribution in [2.24, 2.45) is 0 Å². The van der Waals surface area contributed by atoms with Gasteiger partial charge in [0.2, 0.25) is 0 Å². The SMILES string of the molecule is CCC(C)c1ccc(OCCOc2ccc(S(=O)(=O)[O-])cc2)c(C(=O)OC)c1. The second kappa shape index (κ2) is 9.57.